The first-order chi connectivity index (χ1) is 6.31. The van der Waals surface area contributed by atoms with Crippen LogP contribution in [0.4, 0.5) is 0 Å². The molecular formula is C11H24O2. The van der Waals surface area contributed by atoms with E-state index in [0.717, 1.165) is 12.8 Å². The zero-order valence-electron chi connectivity index (χ0n) is 8.84. The van der Waals surface area contributed by atoms with Crippen molar-refractivity contribution in [2.45, 2.75) is 64.4 Å². The monoisotopic (exact) mass is 188 g/mol. The molecule has 80 valence electrons. The first kappa shape index (κ1) is 12.9. The van der Waals surface area contributed by atoms with Crippen LogP contribution in [0.15, 0.2) is 0 Å². The highest BCUT2D eigenvalue weighted by molar-refractivity contribution is 4.53. The molecule has 0 bridgehead atoms. The van der Waals surface area contributed by atoms with E-state index in [9.17, 15) is 0 Å². The van der Waals surface area contributed by atoms with Crippen LogP contribution >= 0.6 is 0 Å². The molecule has 0 saturated heterocycles. The van der Waals surface area contributed by atoms with Crippen LogP contribution < -0.4 is 0 Å². The lowest BCUT2D eigenvalue weighted by Crippen LogP contribution is -2.10. The molecule has 2 N–H and O–H groups in total. The van der Waals surface area contributed by atoms with Crippen molar-refractivity contribution in [3.63, 3.8) is 0 Å². The lowest BCUT2D eigenvalue weighted by Gasteiger charge is -2.05. The Balaban J connectivity index is 2.91. The summed E-state index contributed by atoms with van der Waals surface area (Å²) in [6.45, 7) is 2.13. The van der Waals surface area contributed by atoms with Crippen molar-refractivity contribution in [2.24, 2.45) is 0 Å². The molecule has 1 atom stereocenters. The third-order valence-corrected chi connectivity index (χ3v) is 2.35. The van der Waals surface area contributed by atoms with Crippen LogP contribution in [0.2, 0.25) is 0 Å². The minimum atomic E-state index is -0.490. The predicted octanol–water partition coefficient (Wildman–Crippen LogP) is 2.48. The summed E-state index contributed by atoms with van der Waals surface area (Å²) < 4.78 is 0. The molecule has 0 aromatic carbocycles. The van der Waals surface area contributed by atoms with E-state index >= 15 is 0 Å². The highest BCUT2D eigenvalue weighted by Crippen LogP contribution is 2.09. The van der Waals surface area contributed by atoms with E-state index in [0.29, 0.717) is 0 Å². The molecule has 0 saturated carbocycles. The highest BCUT2D eigenvalue weighted by atomic mass is 16.3. The van der Waals surface area contributed by atoms with Crippen LogP contribution in [-0.2, 0) is 0 Å². The molecule has 2 nitrogen and oxygen atoms in total. The van der Waals surface area contributed by atoms with Gasteiger partial charge in [-0.1, -0.05) is 51.9 Å². The standard InChI is InChI=1S/C11H24O2/c1-2-3-4-5-6-7-8-9-11(13)10-12/h11-13H,2-10H2,1H3. The van der Waals surface area contributed by atoms with Gasteiger partial charge in [-0.3, -0.25) is 0 Å². The smallest absolute Gasteiger partial charge is 0.0770 e. The summed E-state index contributed by atoms with van der Waals surface area (Å²) in [6, 6.07) is 0. The van der Waals surface area contributed by atoms with Gasteiger partial charge in [0.05, 0.1) is 12.7 Å². The molecule has 0 aromatic heterocycles. The van der Waals surface area contributed by atoms with Gasteiger partial charge in [0.2, 0.25) is 0 Å². The van der Waals surface area contributed by atoms with Crippen molar-refractivity contribution in [3.8, 4) is 0 Å². The fourth-order valence-electron chi connectivity index (χ4n) is 1.43. The van der Waals surface area contributed by atoms with Crippen LogP contribution in [0.25, 0.3) is 0 Å². The number of hydrogen-bond donors (Lipinski definition) is 2. The van der Waals surface area contributed by atoms with E-state index in [-0.39, 0.29) is 6.61 Å². The van der Waals surface area contributed by atoms with Crippen LogP contribution in [0.5, 0.6) is 0 Å². The Hall–Kier alpha value is -0.0800. The number of hydrogen-bond acceptors (Lipinski definition) is 2. The summed E-state index contributed by atoms with van der Waals surface area (Å²) in [5, 5.41) is 17.6. The molecule has 0 amide bonds. The molecule has 0 aliphatic heterocycles. The van der Waals surface area contributed by atoms with Crippen molar-refractivity contribution in [1.82, 2.24) is 0 Å². The zero-order chi connectivity index (χ0) is 9.94. The van der Waals surface area contributed by atoms with Crippen LogP contribution in [0, 0.1) is 0 Å². The van der Waals surface area contributed by atoms with Crippen molar-refractivity contribution < 1.29 is 10.2 Å². The Morgan fingerprint density at radius 1 is 0.923 bits per heavy atom. The molecule has 1 unspecified atom stereocenters. The second-order valence-corrected chi connectivity index (χ2v) is 3.75. The number of unbranched alkanes of at least 4 members (excludes halogenated alkanes) is 6. The lowest BCUT2D eigenvalue weighted by molar-refractivity contribution is 0.0860. The maximum atomic E-state index is 9.05. The van der Waals surface area contributed by atoms with Gasteiger partial charge in [-0.05, 0) is 6.42 Å². The fourth-order valence-corrected chi connectivity index (χ4v) is 1.43. The molecule has 0 fully saturated rings. The summed E-state index contributed by atoms with van der Waals surface area (Å²) in [6.07, 6.45) is 9.09. The Labute approximate surface area is 82.0 Å². The van der Waals surface area contributed by atoms with Crippen molar-refractivity contribution >= 4 is 0 Å². The second kappa shape index (κ2) is 10.0. The Morgan fingerprint density at radius 3 is 2.00 bits per heavy atom. The van der Waals surface area contributed by atoms with Gasteiger partial charge in [-0.15, -0.1) is 0 Å². The molecule has 0 spiro atoms. The van der Waals surface area contributed by atoms with Gasteiger partial charge < -0.3 is 10.2 Å². The molecule has 0 aliphatic carbocycles. The summed E-state index contributed by atoms with van der Waals surface area (Å²) in [7, 11) is 0. The topological polar surface area (TPSA) is 40.5 Å². The maximum Gasteiger partial charge on any atom is 0.0770 e. The predicted molar refractivity (Wildman–Crippen MR) is 55.7 cm³/mol. The molecule has 0 aliphatic rings. The fraction of sp³-hybridized carbons (Fsp3) is 1.00. The molecular weight excluding hydrogens is 164 g/mol. The number of aliphatic hydroxyl groups is 2. The van der Waals surface area contributed by atoms with E-state index < -0.39 is 6.10 Å². The van der Waals surface area contributed by atoms with Crippen LogP contribution in [0.1, 0.15) is 58.3 Å². The van der Waals surface area contributed by atoms with Gasteiger partial charge in [-0.2, -0.15) is 0 Å². The number of aliphatic hydroxyl groups excluding tert-OH is 2. The van der Waals surface area contributed by atoms with Gasteiger partial charge in [0, 0.05) is 0 Å². The second-order valence-electron chi connectivity index (χ2n) is 3.75. The number of rotatable bonds is 9. The van der Waals surface area contributed by atoms with Crippen molar-refractivity contribution in [3.05, 3.63) is 0 Å². The lowest BCUT2D eigenvalue weighted by atomic mass is 10.1. The zero-order valence-corrected chi connectivity index (χ0v) is 8.84. The highest BCUT2D eigenvalue weighted by Gasteiger charge is 2.00. The van der Waals surface area contributed by atoms with Gasteiger partial charge in [0.25, 0.3) is 0 Å². The minimum absolute atomic E-state index is 0.0875. The SMILES string of the molecule is CCCCCCCCCC(O)CO. The quantitative estimate of drug-likeness (QED) is 0.546. The first-order valence-electron chi connectivity index (χ1n) is 5.60. The molecule has 0 rings (SSSR count). The van der Waals surface area contributed by atoms with Gasteiger partial charge in [-0.25, -0.2) is 0 Å². The third-order valence-electron chi connectivity index (χ3n) is 2.35. The van der Waals surface area contributed by atoms with Gasteiger partial charge in [0.15, 0.2) is 0 Å². The van der Waals surface area contributed by atoms with E-state index in [4.69, 9.17) is 10.2 Å². The molecule has 0 heterocycles. The largest absolute Gasteiger partial charge is 0.394 e. The average molecular weight is 188 g/mol. The van der Waals surface area contributed by atoms with E-state index in [1.54, 1.807) is 0 Å². The van der Waals surface area contributed by atoms with E-state index in [1.165, 1.54) is 38.5 Å². The first-order valence-corrected chi connectivity index (χ1v) is 5.60. The van der Waals surface area contributed by atoms with Crippen LogP contribution in [-0.4, -0.2) is 22.9 Å². The Morgan fingerprint density at radius 2 is 1.46 bits per heavy atom. The summed E-state index contributed by atoms with van der Waals surface area (Å²) in [5.74, 6) is 0. The third kappa shape index (κ3) is 9.84. The van der Waals surface area contributed by atoms with E-state index in [2.05, 4.69) is 6.92 Å². The van der Waals surface area contributed by atoms with Gasteiger partial charge in [0.1, 0.15) is 0 Å². The molecule has 0 radical (unpaired) electrons. The van der Waals surface area contributed by atoms with Crippen molar-refractivity contribution in [2.75, 3.05) is 6.61 Å². The van der Waals surface area contributed by atoms with Crippen molar-refractivity contribution in [1.29, 1.82) is 0 Å². The Kier molecular flexibility index (Phi) is 9.94. The molecule has 2 heteroatoms. The average Bonchev–Trinajstić information content (AvgIpc) is 2.16. The van der Waals surface area contributed by atoms with E-state index in [1.807, 2.05) is 0 Å². The molecule has 0 aromatic rings. The van der Waals surface area contributed by atoms with Gasteiger partial charge >= 0.3 is 0 Å². The maximum absolute atomic E-state index is 9.05. The summed E-state index contributed by atoms with van der Waals surface area (Å²) in [4.78, 5) is 0. The summed E-state index contributed by atoms with van der Waals surface area (Å²) in [5.41, 5.74) is 0. The normalized spacial score (nSPS) is 13.2. The summed E-state index contributed by atoms with van der Waals surface area (Å²) >= 11 is 0. The van der Waals surface area contributed by atoms with Crippen LogP contribution in [0.3, 0.4) is 0 Å². The minimum Gasteiger partial charge on any atom is -0.394 e. The Bertz CT molecular complexity index is 94.1. The molecule has 13 heavy (non-hydrogen) atoms.